The van der Waals surface area contributed by atoms with Crippen LogP contribution in [0.5, 0.6) is 11.5 Å². The van der Waals surface area contributed by atoms with Crippen LogP contribution in [0.2, 0.25) is 0 Å². The van der Waals surface area contributed by atoms with Crippen LogP contribution in [0.1, 0.15) is 18.1 Å². The molecule has 0 aliphatic carbocycles. The zero-order valence-corrected chi connectivity index (χ0v) is 15.6. The SMILES string of the molecule is CCNC(=NCc1cnn(C)c1)N(C)Cc1ccc(OC)cc1OC. The fourth-order valence-corrected chi connectivity index (χ4v) is 2.50. The van der Waals surface area contributed by atoms with E-state index in [4.69, 9.17) is 14.5 Å². The quantitative estimate of drug-likeness (QED) is 0.614. The molecule has 1 aromatic heterocycles. The highest BCUT2D eigenvalue weighted by Crippen LogP contribution is 2.25. The van der Waals surface area contributed by atoms with Crippen molar-refractivity contribution >= 4 is 5.96 Å². The minimum Gasteiger partial charge on any atom is -0.497 e. The Balaban J connectivity index is 2.13. The van der Waals surface area contributed by atoms with Crippen LogP contribution in [-0.2, 0) is 20.1 Å². The number of hydrogen-bond donors (Lipinski definition) is 1. The molecule has 136 valence electrons. The van der Waals surface area contributed by atoms with E-state index >= 15 is 0 Å². The summed E-state index contributed by atoms with van der Waals surface area (Å²) in [4.78, 5) is 6.77. The number of ether oxygens (including phenoxy) is 2. The van der Waals surface area contributed by atoms with Gasteiger partial charge in [-0.05, 0) is 19.1 Å². The molecule has 2 rings (SSSR count). The maximum atomic E-state index is 5.48. The predicted molar refractivity (Wildman–Crippen MR) is 99.0 cm³/mol. The first-order valence-corrected chi connectivity index (χ1v) is 8.25. The normalized spacial score (nSPS) is 11.3. The lowest BCUT2D eigenvalue weighted by Crippen LogP contribution is -2.38. The van der Waals surface area contributed by atoms with E-state index in [9.17, 15) is 0 Å². The van der Waals surface area contributed by atoms with Gasteiger partial charge in [0.15, 0.2) is 5.96 Å². The lowest BCUT2D eigenvalue weighted by molar-refractivity contribution is 0.382. The minimum absolute atomic E-state index is 0.584. The molecule has 25 heavy (non-hydrogen) atoms. The molecule has 0 aliphatic heterocycles. The average Bonchev–Trinajstić information content (AvgIpc) is 3.04. The molecule has 0 radical (unpaired) electrons. The van der Waals surface area contributed by atoms with Crippen LogP contribution in [0.25, 0.3) is 0 Å². The number of aromatic nitrogens is 2. The van der Waals surface area contributed by atoms with Crippen molar-refractivity contribution in [2.24, 2.45) is 12.0 Å². The van der Waals surface area contributed by atoms with Crippen molar-refractivity contribution in [3.63, 3.8) is 0 Å². The molecular weight excluding hydrogens is 318 g/mol. The van der Waals surface area contributed by atoms with Crippen molar-refractivity contribution in [3.05, 3.63) is 41.7 Å². The van der Waals surface area contributed by atoms with Crippen molar-refractivity contribution in [1.82, 2.24) is 20.0 Å². The van der Waals surface area contributed by atoms with Crippen LogP contribution in [0.15, 0.2) is 35.6 Å². The first-order valence-electron chi connectivity index (χ1n) is 8.25. The predicted octanol–water partition coefficient (Wildman–Crippen LogP) is 2.03. The van der Waals surface area contributed by atoms with Crippen molar-refractivity contribution in [2.75, 3.05) is 27.8 Å². The zero-order valence-electron chi connectivity index (χ0n) is 15.6. The number of nitrogens with one attached hydrogen (secondary N) is 1. The molecule has 0 saturated heterocycles. The molecule has 0 unspecified atom stereocenters. The Bertz CT molecular complexity index is 711. The maximum absolute atomic E-state index is 5.48. The molecule has 0 atom stereocenters. The summed E-state index contributed by atoms with van der Waals surface area (Å²) in [6.07, 6.45) is 3.80. The number of hydrogen-bond acceptors (Lipinski definition) is 4. The van der Waals surface area contributed by atoms with Gasteiger partial charge in [0, 0.05) is 50.6 Å². The van der Waals surface area contributed by atoms with Gasteiger partial charge in [0.05, 0.1) is 27.0 Å². The van der Waals surface area contributed by atoms with Gasteiger partial charge in [-0.3, -0.25) is 4.68 Å². The number of rotatable bonds is 7. The Kier molecular flexibility index (Phi) is 6.68. The number of benzene rings is 1. The fourth-order valence-electron chi connectivity index (χ4n) is 2.50. The lowest BCUT2D eigenvalue weighted by atomic mass is 10.2. The van der Waals surface area contributed by atoms with Gasteiger partial charge in [0.25, 0.3) is 0 Å². The van der Waals surface area contributed by atoms with Crippen LogP contribution >= 0.6 is 0 Å². The van der Waals surface area contributed by atoms with Gasteiger partial charge in [-0.25, -0.2) is 4.99 Å². The van der Waals surface area contributed by atoms with E-state index < -0.39 is 0 Å². The van der Waals surface area contributed by atoms with Gasteiger partial charge in [-0.15, -0.1) is 0 Å². The van der Waals surface area contributed by atoms with E-state index in [1.807, 2.05) is 44.7 Å². The highest BCUT2D eigenvalue weighted by molar-refractivity contribution is 5.79. The van der Waals surface area contributed by atoms with Gasteiger partial charge in [-0.1, -0.05) is 0 Å². The summed E-state index contributed by atoms with van der Waals surface area (Å²) in [5, 5.41) is 7.50. The third-order valence-electron chi connectivity index (χ3n) is 3.77. The van der Waals surface area contributed by atoms with Crippen LogP contribution in [0.3, 0.4) is 0 Å². The number of guanidine groups is 1. The summed E-state index contributed by atoms with van der Waals surface area (Å²) in [5.41, 5.74) is 2.14. The monoisotopic (exact) mass is 345 g/mol. The third kappa shape index (κ3) is 5.14. The number of methoxy groups -OCH3 is 2. The molecule has 0 saturated carbocycles. The summed E-state index contributed by atoms with van der Waals surface area (Å²) in [6.45, 7) is 4.11. The van der Waals surface area contributed by atoms with Crippen molar-refractivity contribution in [1.29, 1.82) is 0 Å². The first kappa shape index (κ1) is 18.6. The van der Waals surface area contributed by atoms with Gasteiger partial charge >= 0.3 is 0 Å². The minimum atomic E-state index is 0.584. The largest absolute Gasteiger partial charge is 0.497 e. The fraction of sp³-hybridized carbons (Fsp3) is 0.444. The second-order valence-electron chi connectivity index (χ2n) is 5.73. The molecule has 0 bridgehead atoms. The van der Waals surface area contributed by atoms with E-state index in [1.54, 1.807) is 18.9 Å². The van der Waals surface area contributed by atoms with Gasteiger partial charge in [0.1, 0.15) is 11.5 Å². The Morgan fingerprint density at radius 3 is 2.72 bits per heavy atom. The highest BCUT2D eigenvalue weighted by atomic mass is 16.5. The average molecular weight is 345 g/mol. The molecule has 1 heterocycles. The Morgan fingerprint density at radius 1 is 1.32 bits per heavy atom. The van der Waals surface area contributed by atoms with Crippen LogP contribution in [0.4, 0.5) is 0 Å². The molecular formula is C18H27N5O2. The molecule has 0 aliphatic rings. The summed E-state index contributed by atoms with van der Waals surface area (Å²) in [7, 11) is 7.23. The van der Waals surface area contributed by atoms with Crippen molar-refractivity contribution in [2.45, 2.75) is 20.0 Å². The summed E-state index contributed by atoms with van der Waals surface area (Å²) in [5.74, 6) is 2.42. The van der Waals surface area contributed by atoms with E-state index in [2.05, 4.69) is 22.2 Å². The topological polar surface area (TPSA) is 63.9 Å². The molecule has 7 nitrogen and oxygen atoms in total. The molecule has 0 fully saturated rings. The van der Waals surface area contributed by atoms with Crippen LogP contribution in [0, 0.1) is 0 Å². The lowest BCUT2D eigenvalue weighted by Gasteiger charge is -2.23. The van der Waals surface area contributed by atoms with Crippen molar-refractivity contribution < 1.29 is 9.47 Å². The Hall–Kier alpha value is -2.70. The molecule has 7 heteroatoms. The maximum Gasteiger partial charge on any atom is 0.194 e. The number of nitrogens with zero attached hydrogens (tertiary/aromatic N) is 4. The molecule has 1 N–H and O–H groups in total. The first-order chi connectivity index (χ1) is 12.1. The van der Waals surface area contributed by atoms with Crippen LogP contribution in [-0.4, -0.2) is 48.5 Å². The van der Waals surface area contributed by atoms with E-state index in [-0.39, 0.29) is 0 Å². The molecule has 1 aromatic carbocycles. The van der Waals surface area contributed by atoms with E-state index in [1.165, 1.54) is 0 Å². The van der Waals surface area contributed by atoms with E-state index in [0.717, 1.165) is 35.1 Å². The second-order valence-corrected chi connectivity index (χ2v) is 5.73. The molecule has 2 aromatic rings. The zero-order chi connectivity index (χ0) is 18.2. The summed E-state index contributed by atoms with van der Waals surface area (Å²) >= 11 is 0. The Morgan fingerprint density at radius 2 is 2.12 bits per heavy atom. The smallest absolute Gasteiger partial charge is 0.194 e. The standard InChI is InChI=1S/C18H27N5O2/c1-6-19-18(20-10-14-11-21-23(3)12-14)22(2)13-15-7-8-16(24-4)9-17(15)25-5/h7-9,11-12H,6,10,13H2,1-5H3,(H,19,20). The summed E-state index contributed by atoms with van der Waals surface area (Å²) in [6, 6.07) is 5.84. The molecule has 0 amide bonds. The Labute approximate surface area is 149 Å². The highest BCUT2D eigenvalue weighted by Gasteiger charge is 2.11. The third-order valence-corrected chi connectivity index (χ3v) is 3.77. The van der Waals surface area contributed by atoms with Crippen LogP contribution < -0.4 is 14.8 Å². The van der Waals surface area contributed by atoms with Crippen molar-refractivity contribution in [3.8, 4) is 11.5 Å². The van der Waals surface area contributed by atoms with Gasteiger partial charge in [-0.2, -0.15) is 5.10 Å². The van der Waals surface area contributed by atoms with Gasteiger partial charge in [0.2, 0.25) is 0 Å². The summed E-state index contributed by atoms with van der Waals surface area (Å²) < 4.78 is 12.5. The van der Waals surface area contributed by atoms with Gasteiger partial charge < -0.3 is 19.7 Å². The molecule has 0 spiro atoms. The second kappa shape index (κ2) is 8.96. The number of aliphatic imine (C=N–C) groups is 1. The van der Waals surface area contributed by atoms with E-state index in [0.29, 0.717) is 13.1 Å². The number of aryl methyl sites for hydroxylation is 1.